The molecule has 0 aliphatic carbocycles. The van der Waals surface area contributed by atoms with Crippen LogP contribution >= 0.6 is 0 Å². The molecule has 0 bridgehead atoms. The van der Waals surface area contributed by atoms with Gasteiger partial charge < -0.3 is 14.7 Å². The highest BCUT2D eigenvalue weighted by Gasteiger charge is 2.27. The largest absolute Gasteiger partial charge is 0.439 e. The lowest BCUT2D eigenvalue weighted by molar-refractivity contribution is 0.00201. The monoisotopic (exact) mass is 291 g/mol. The van der Waals surface area contributed by atoms with E-state index in [9.17, 15) is 9.90 Å². The van der Waals surface area contributed by atoms with Crippen LogP contribution in [0.25, 0.3) is 0 Å². The molecule has 0 saturated carbocycles. The van der Waals surface area contributed by atoms with Crippen LogP contribution < -0.4 is 0 Å². The summed E-state index contributed by atoms with van der Waals surface area (Å²) in [5.74, 6) is 0. The van der Waals surface area contributed by atoms with Crippen molar-refractivity contribution in [2.45, 2.75) is 52.0 Å². The van der Waals surface area contributed by atoms with E-state index in [2.05, 4.69) is 6.58 Å². The van der Waals surface area contributed by atoms with E-state index in [0.29, 0.717) is 5.56 Å². The summed E-state index contributed by atoms with van der Waals surface area (Å²) in [6.45, 7) is 11.4. The highest BCUT2D eigenvalue weighted by molar-refractivity contribution is 5.68. The van der Waals surface area contributed by atoms with Crippen molar-refractivity contribution in [3.05, 3.63) is 48.6 Å². The highest BCUT2D eigenvalue weighted by atomic mass is 16.6. The van der Waals surface area contributed by atoms with Crippen molar-refractivity contribution in [1.29, 1.82) is 0 Å². The van der Waals surface area contributed by atoms with Crippen molar-refractivity contribution in [1.82, 2.24) is 4.90 Å². The van der Waals surface area contributed by atoms with Gasteiger partial charge in [-0.15, -0.1) is 0 Å². The van der Waals surface area contributed by atoms with Crippen molar-refractivity contribution in [3.8, 4) is 0 Å². The van der Waals surface area contributed by atoms with Crippen LogP contribution in [0.5, 0.6) is 0 Å². The lowest BCUT2D eigenvalue weighted by Gasteiger charge is -2.32. The fourth-order valence-corrected chi connectivity index (χ4v) is 2.28. The van der Waals surface area contributed by atoms with Gasteiger partial charge >= 0.3 is 6.09 Å². The topological polar surface area (TPSA) is 49.8 Å². The molecule has 0 aromatic heterocycles. The van der Waals surface area contributed by atoms with Crippen molar-refractivity contribution in [3.63, 3.8) is 0 Å². The predicted molar refractivity (Wildman–Crippen MR) is 84.0 cm³/mol. The van der Waals surface area contributed by atoms with Gasteiger partial charge in [-0.1, -0.05) is 36.9 Å². The van der Waals surface area contributed by atoms with Gasteiger partial charge in [0.2, 0.25) is 0 Å². The van der Waals surface area contributed by atoms with Gasteiger partial charge in [0, 0.05) is 12.1 Å². The van der Waals surface area contributed by atoms with E-state index >= 15 is 0 Å². The molecule has 21 heavy (non-hydrogen) atoms. The molecule has 1 amide bonds. The molecule has 0 fully saturated rings. The summed E-state index contributed by atoms with van der Waals surface area (Å²) >= 11 is 0. The Kier molecular flexibility index (Phi) is 6.43. The molecule has 4 nitrogen and oxygen atoms in total. The fraction of sp³-hybridized carbons (Fsp3) is 0.471. The van der Waals surface area contributed by atoms with Crippen LogP contribution in [0.3, 0.4) is 0 Å². The van der Waals surface area contributed by atoms with Gasteiger partial charge in [0.05, 0.1) is 0 Å². The molecule has 0 aliphatic heterocycles. The molecule has 0 heterocycles. The summed E-state index contributed by atoms with van der Waals surface area (Å²) in [5, 5.41) is 10.3. The van der Waals surface area contributed by atoms with Gasteiger partial charge in [-0.2, -0.15) is 0 Å². The maximum absolute atomic E-state index is 12.3. The third kappa shape index (κ3) is 4.60. The van der Waals surface area contributed by atoms with E-state index in [1.807, 2.05) is 45.9 Å². The lowest BCUT2D eigenvalue weighted by atomic mass is 10.0. The number of benzene rings is 1. The smallest absolute Gasteiger partial charge is 0.410 e. The zero-order valence-corrected chi connectivity index (χ0v) is 13.2. The molecule has 1 aromatic rings. The van der Waals surface area contributed by atoms with Crippen LogP contribution in [0.2, 0.25) is 0 Å². The number of aliphatic hydroxyl groups is 1. The zero-order valence-electron chi connectivity index (χ0n) is 13.2. The predicted octanol–water partition coefficient (Wildman–Crippen LogP) is 3.53. The van der Waals surface area contributed by atoms with Crippen LogP contribution in [0.1, 0.15) is 39.4 Å². The van der Waals surface area contributed by atoms with Crippen molar-refractivity contribution < 1.29 is 14.6 Å². The molecule has 0 aliphatic rings. The first-order chi connectivity index (χ1) is 9.88. The number of aliphatic hydroxyl groups excluding tert-OH is 1. The van der Waals surface area contributed by atoms with E-state index in [-0.39, 0.29) is 12.1 Å². The first kappa shape index (κ1) is 17.2. The number of rotatable bonds is 6. The standard InChI is InChI=1S/C17H25NO3/c1-6-15(16(19)14-10-8-7-9-11-14)21-17(20)18(12(2)3)13(4)5/h6-13,15-16,19H,1H2,2-5H3/t15-,16+/m0/s1. The Morgan fingerprint density at radius 2 is 1.71 bits per heavy atom. The molecular weight excluding hydrogens is 266 g/mol. The number of nitrogens with zero attached hydrogens (tertiary/aromatic N) is 1. The number of ether oxygens (including phenoxy) is 1. The van der Waals surface area contributed by atoms with Crippen molar-refractivity contribution in [2.75, 3.05) is 0 Å². The van der Waals surface area contributed by atoms with Crippen LogP contribution in [0, 0.1) is 0 Å². The molecule has 0 saturated heterocycles. The van der Waals surface area contributed by atoms with E-state index < -0.39 is 18.3 Å². The summed E-state index contributed by atoms with van der Waals surface area (Å²) < 4.78 is 5.42. The van der Waals surface area contributed by atoms with E-state index in [4.69, 9.17) is 4.74 Å². The summed E-state index contributed by atoms with van der Waals surface area (Å²) in [6, 6.07) is 9.15. The second-order valence-electron chi connectivity index (χ2n) is 5.53. The molecule has 0 unspecified atom stereocenters. The number of hydrogen-bond acceptors (Lipinski definition) is 3. The van der Waals surface area contributed by atoms with Crippen LogP contribution in [0.4, 0.5) is 4.79 Å². The Bertz CT molecular complexity index is 448. The molecule has 0 radical (unpaired) electrons. The summed E-state index contributed by atoms with van der Waals surface area (Å²) in [5.41, 5.74) is 0.691. The first-order valence-corrected chi connectivity index (χ1v) is 7.23. The normalized spacial score (nSPS) is 13.9. The Morgan fingerprint density at radius 1 is 1.19 bits per heavy atom. The van der Waals surface area contributed by atoms with E-state index in [0.717, 1.165) is 0 Å². The van der Waals surface area contributed by atoms with E-state index in [1.165, 1.54) is 6.08 Å². The quantitative estimate of drug-likeness (QED) is 0.816. The molecule has 1 rings (SSSR count). The molecule has 1 N–H and O–H groups in total. The first-order valence-electron chi connectivity index (χ1n) is 7.23. The fourth-order valence-electron chi connectivity index (χ4n) is 2.28. The molecular formula is C17H25NO3. The molecule has 2 atom stereocenters. The lowest BCUT2D eigenvalue weighted by Crippen LogP contribution is -2.44. The third-order valence-corrected chi connectivity index (χ3v) is 3.24. The summed E-state index contributed by atoms with van der Waals surface area (Å²) in [6.07, 6.45) is -0.692. The number of carbonyl (C=O) groups is 1. The SMILES string of the molecule is C=C[C@H](OC(=O)N(C(C)C)C(C)C)[C@H](O)c1ccccc1. The molecule has 4 heteroatoms. The van der Waals surface area contributed by atoms with Crippen molar-refractivity contribution in [2.24, 2.45) is 0 Å². The molecule has 1 aromatic carbocycles. The van der Waals surface area contributed by atoms with Gasteiger partial charge in [0.15, 0.2) is 6.10 Å². The van der Waals surface area contributed by atoms with Gasteiger partial charge in [0.25, 0.3) is 0 Å². The maximum atomic E-state index is 12.3. The second-order valence-corrected chi connectivity index (χ2v) is 5.53. The average molecular weight is 291 g/mol. The van der Waals surface area contributed by atoms with Crippen LogP contribution in [-0.4, -0.2) is 34.3 Å². The zero-order chi connectivity index (χ0) is 16.0. The number of hydrogen-bond donors (Lipinski definition) is 1. The average Bonchev–Trinajstić information content (AvgIpc) is 2.44. The Hall–Kier alpha value is -1.81. The van der Waals surface area contributed by atoms with Crippen molar-refractivity contribution >= 4 is 6.09 Å². The second kappa shape index (κ2) is 7.84. The minimum Gasteiger partial charge on any atom is -0.439 e. The van der Waals surface area contributed by atoms with Gasteiger partial charge in [-0.3, -0.25) is 0 Å². The Labute approximate surface area is 127 Å². The van der Waals surface area contributed by atoms with Gasteiger partial charge in [0.1, 0.15) is 6.10 Å². The minimum atomic E-state index is -0.922. The van der Waals surface area contributed by atoms with Crippen LogP contribution in [0.15, 0.2) is 43.0 Å². The van der Waals surface area contributed by atoms with Gasteiger partial charge in [-0.25, -0.2) is 4.79 Å². The highest BCUT2D eigenvalue weighted by Crippen LogP contribution is 2.21. The third-order valence-electron chi connectivity index (χ3n) is 3.24. The summed E-state index contributed by atoms with van der Waals surface area (Å²) in [4.78, 5) is 13.9. The Morgan fingerprint density at radius 3 is 2.14 bits per heavy atom. The Balaban J connectivity index is 2.82. The number of amides is 1. The summed E-state index contributed by atoms with van der Waals surface area (Å²) in [7, 11) is 0. The molecule has 0 spiro atoms. The molecule has 116 valence electrons. The van der Waals surface area contributed by atoms with E-state index in [1.54, 1.807) is 17.0 Å². The van der Waals surface area contributed by atoms with Crippen LogP contribution in [-0.2, 0) is 4.74 Å². The van der Waals surface area contributed by atoms with Gasteiger partial charge in [-0.05, 0) is 39.3 Å². The minimum absolute atomic E-state index is 0.0248. The number of carbonyl (C=O) groups excluding carboxylic acids is 1. The maximum Gasteiger partial charge on any atom is 0.410 e.